The molecule has 3 aromatic rings. The SMILES string of the molecule is CCOC(=O)C(CC(F)F)c1cc2nc(C(NC(=O)OCc3ccccc3)C3CCC(F)(F)CC3)cn2nc1Cl. The molecule has 1 amide bonds. The number of nitrogens with zero attached hydrogens (tertiary/aromatic N) is 3. The van der Waals surface area contributed by atoms with Gasteiger partial charge in [-0.25, -0.2) is 31.9 Å². The predicted octanol–water partition coefficient (Wildman–Crippen LogP) is 6.48. The molecular weight excluding hydrogens is 556 g/mol. The van der Waals surface area contributed by atoms with E-state index in [9.17, 15) is 27.2 Å². The van der Waals surface area contributed by atoms with Gasteiger partial charge in [-0.05, 0) is 37.3 Å². The topological polar surface area (TPSA) is 94.8 Å². The van der Waals surface area contributed by atoms with Crippen molar-refractivity contribution in [2.24, 2.45) is 5.92 Å². The van der Waals surface area contributed by atoms with Gasteiger partial charge in [0.1, 0.15) is 6.61 Å². The van der Waals surface area contributed by atoms with Gasteiger partial charge >= 0.3 is 12.1 Å². The van der Waals surface area contributed by atoms with Gasteiger partial charge in [0.05, 0.1) is 30.5 Å². The molecule has 2 unspecified atom stereocenters. The molecule has 1 N–H and O–H groups in total. The number of ether oxygens (including phenoxy) is 2. The Kier molecular flexibility index (Phi) is 9.49. The Morgan fingerprint density at radius 1 is 1.18 bits per heavy atom. The average Bonchev–Trinajstić information content (AvgIpc) is 3.32. The summed E-state index contributed by atoms with van der Waals surface area (Å²) in [4.78, 5) is 29.7. The molecule has 0 spiro atoms. The number of halogens is 5. The van der Waals surface area contributed by atoms with Crippen molar-refractivity contribution in [3.63, 3.8) is 0 Å². The van der Waals surface area contributed by atoms with E-state index < -0.39 is 42.8 Å². The van der Waals surface area contributed by atoms with Crippen LogP contribution in [0.1, 0.15) is 67.8 Å². The van der Waals surface area contributed by atoms with Crippen molar-refractivity contribution < 1.29 is 36.6 Å². The number of hydrogen-bond acceptors (Lipinski definition) is 6. The van der Waals surface area contributed by atoms with Crippen LogP contribution in [-0.2, 0) is 20.9 Å². The van der Waals surface area contributed by atoms with E-state index in [0.29, 0.717) is 5.69 Å². The van der Waals surface area contributed by atoms with Gasteiger partial charge in [0.2, 0.25) is 12.3 Å². The molecule has 0 aliphatic heterocycles. The first-order chi connectivity index (χ1) is 19.1. The number of benzene rings is 1. The number of fused-ring (bicyclic) bond motifs is 1. The molecule has 1 aromatic carbocycles. The van der Waals surface area contributed by atoms with Crippen molar-refractivity contribution in [3.8, 4) is 0 Å². The van der Waals surface area contributed by atoms with Crippen LogP contribution in [0.3, 0.4) is 0 Å². The van der Waals surface area contributed by atoms with Crippen LogP contribution in [0.2, 0.25) is 5.15 Å². The molecule has 0 radical (unpaired) electrons. The number of hydrogen-bond donors (Lipinski definition) is 1. The van der Waals surface area contributed by atoms with Crippen molar-refractivity contribution in [1.29, 1.82) is 0 Å². The Bertz CT molecular complexity index is 1310. The summed E-state index contributed by atoms with van der Waals surface area (Å²) < 4.78 is 66.0. The molecule has 216 valence electrons. The quantitative estimate of drug-likeness (QED) is 0.217. The number of alkyl halides is 4. The largest absolute Gasteiger partial charge is 0.466 e. The fourth-order valence-corrected chi connectivity index (χ4v) is 5.09. The second-order valence-corrected chi connectivity index (χ2v) is 10.0. The van der Waals surface area contributed by atoms with Crippen LogP contribution in [0.25, 0.3) is 5.65 Å². The lowest BCUT2D eigenvalue weighted by Crippen LogP contribution is -2.37. The maximum atomic E-state index is 13.9. The highest BCUT2D eigenvalue weighted by Crippen LogP contribution is 2.41. The average molecular weight is 585 g/mol. The summed E-state index contributed by atoms with van der Waals surface area (Å²) in [7, 11) is 0. The molecule has 2 heterocycles. The van der Waals surface area contributed by atoms with E-state index in [1.807, 2.05) is 6.07 Å². The smallest absolute Gasteiger partial charge is 0.408 e. The van der Waals surface area contributed by atoms with Crippen molar-refractivity contribution in [3.05, 3.63) is 64.6 Å². The zero-order valence-corrected chi connectivity index (χ0v) is 22.4. The summed E-state index contributed by atoms with van der Waals surface area (Å²) in [6, 6.07) is 9.59. The van der Waals surface area contributed by atoms with Gasteiger partial charge in [0.15, 0.2) is 10.8 Å². The number of nitrogens with one attached hydrogen (secondary N) is 1. The molecule has 2 atom stereocenters. The maximum Gasteiger partial charge on any atom is 0.408 e. The molecule has 40 heavy (non-hydrogen) atoms. The number of esters is 1. The van der Waals surface area contributed by atoms with Crippen molar-refractivity contribution in [2.75, 3.05) is 6.61 Å². The molecule has 1 aliphatic carbocycles. The number of amides is 1. The summed E-state index contributed by atoms with van der Waals surface area (Å²) in [6.45, 7) is 1.56. The van der Waals surface area contributed by atoms with Gasteiger partial charge < -0.3 is 14.8 Å². The van der Waals surface area contributed by atoms with Gasteiger partial charge in [-0.1, -0.05) is 41.9 Å². The fourth-order valence-electron chi connectivity index (χ4n) is 4.82. The van der Waals surface area contributed by atoms with E-state index >= 15 is 0 Å². The first-order valence-corrected chi connectivity index (χ1v) is 13.3. The lowest BCUT2D eigenvalue weighted by molar-refractivity contribution is -0.146. The van der Waals surface area contributed by atoms with E-state index in [1.54, 1.807) is 31.2 Å². The van der Waals surface area contributed by atoms with Gasteiger partial charge in [-0.3, -0.25) is 4.79 Å². The van der Waals surface area contributed by atoms with E-state index in [0.717, 1.165) is 5.56 Å². The summed E-state index contributed by atoms with van der Waals surface area (Å²) in [6.07, 6.45) is -3.33. The highest BCUT2D eigenvalue weighted by atomic mass is 35.5. The molecular formula is C27H29ClF4N4O4. The van der Waals surface area contributed by atoms with Crippen LogP contribution in [0.5, 0.6) is 0 Å². The second kappa shape index (κ2) is 12.8. The molecule has 1 fully saturated rings. The predicted molar refractivity (Wildman–Crippen MR) is 137 cm³/mol. The standard InChI is InChI=1S/C27H29ClF4N4O4/c1-2-39-25(37)19(12-21(29)30)18-13-22-33-20(14-36(22)35-24(18)28)23(17-8-10-27(31,32)11-9-17)34-26(38)40-15-16-6-4-3-5-7-16/h3-7,13-14,17,19,21,23H,2,8-12,15H2,1H3,(H,34,38). The lowest BCUT2D eigenvalue weighted by Gasteiger charge is -2.33. The number of carbonyl (C=O) groups is 2. The fraction of sp³-hybridized carbons (Fsp3) is 0.481. The van der Waals surface area contributed by atoms with Crippen molar-refractivity contribution in [2.45, 2.75) is 69.9 Å². The van der Waals surface area contributed by atoms with Gasteiger partial charge in [0.25, 0.3) is 0 Å². The van der Waals surface area contributed by atoms with Crippen LogP contribution < -0.4 is 5.32 Å². The summed E-state index contributed by atoms with van der Waals surface area (Å²) in [5, 5.41) is 6.74. The van der Waals surface area contributed by atoms with Crippen LogP contribution in [0.4, 0.5) is 22.4 Å². The molecule has 2 aromatic heterocycles. The zero-order chi connectivity index (χ0) is 28.9. The molecule has 13 heteroatoms. The second-order valence-electron chi connectivity index (χ2n) is 9.67. The molecule has 1 saturated carbocycles. The zero-order valence-electron chi connectivity index (χ0n) is 21.7. The third-order valence-corrected chi connectivity index (χ3v) is 7.14. The highest BCUT2D eigenvalue weighted by Gasteiger charge is 2.39. The highest BCUT2D eigenvalue weighted by molar-refractivity contribution is 6.30. The normalized spacial score (nSPS) is 17.0. The van der Waals surface area contributed by atoms with E-state index in [4.69, 9.17) is 21.1 Å². The Labute approximate surface area is 233 Å². The molecule has 8 nitrogen and oxygen atoms in total. The molecule has 0 saturated heterocycles. The van der Waals surface area contributed by atoms with Crippen molar-refractivity contribution in [1.82, 2.24) is 19.9 Å². The Hall–Kier alpha value is -3.41. The summed E-state index contributed by atoms with van der Waals surface area (Å²) in [5.74, 6) is -5.40. The molecule has 1 aliphatic rings. The number of rotatable bonds is 10. The minimum atomic E-state index is -2.81. The van der Waals surface area contributed by atoms with Crippen LogP contribution >= 0.6 is 11.6 Å². The summed E-state index contributed by atoms with van der Waals surface area (Å²) >= 11 is 6.29. The third kappa shape index (κ3) is 7.41. The summed E-state index contributed by atoms with van der Waals surface area (Å²) in [5.41, 5.74) is 1.26. The van der Waals surface area contributed by atoms with Gasteiger partial charge in [0, 0.05) is 24.8 Å². The first-order valence-electron chi connectivity index (χ1n) is 12.9. The van der Waals surface area contributed by atoms with Crippen LogP contribution in [-0.4, -0.2) is 45.6 Å². The Morgan fingerprint density at radius 3 is 2.52 bits per heavy atom. The number of alkyl carbamates (subject to hydrolysis) is 1. The van der Waals surface area contributed by atoms with Crippen LogP contribution in [0, 0.1) is 5.92 Å². The maximum absolute atomic E-state index is 13.9. The monoisotopic (exact) mass is 584 g/mol. The molecule has 4 rings (SSSR count). The Morgan fingerprint density at radius 2 is 1.88 bits per heavy atom. The van der Waals surface area contributed by atoms with E-state index in [1.165, 1.54) is 16.8 Å². The van der Waals surface area contributed by atoms with Crippen molar-refractivity contribution >= 4 is 29.3 Å². The first kappa shape index (κ1) is 29.6. The number of aromatic nitrogens is 3. The third-order valence-electron chi connectivity index (χ3n) is 6.85. The number of carbonyl (C=O) groups excluding carboxylic acids is 2. The minimum Gasteiger partial charge on any atom is -0.466 e. The van der Waals surface area contributed by atoms with E-state index in [-0.39, 0.29) is 61.2 Å². The number of imidazole rings is 1. The minimum absolute atomic E-state index is 0.00640. The van der Waals surface area contributed by atoms with Crippen LogP contribution in [0.15, 0.2) is 42.6 Å². The lowest BCUT2D eigenvalue weighted by atomic mass is 9.81. The van der Waals surface area contributed by atoms with E-state index in [2.05, 4.69) is 15.4 Å². The molecule has 0 bridgehead atoms. The van der Waals surface area contributed by atoms with Gasteiger partial charge in [-0.2, -0.15) is 5.10 Å². The van der Waals surface area contributed by atoms with Gasteiger partial charge in [-0.15, -0.1) is 0 Å². The Balaban J connectivity index is 1.62.